The smallest absolute Gasteiger partial charge is 0.332 e. The first-order chi connectivity index (χ1) is 12.0. The van der Waals surface area contributed by atoms with Crippen LogP contribution in [0.1, 0.15) is 11.1 Å². The number of benzene rings is 2. The van der Waals surface area contributed by atoms with E-state index in [1.807, 2.05) is 31.2 Å². The highest BCUT2D eigenvalue weighted by Crippen LogP contribution is 2.22. The minimum absolute atomic E-state index is 0.167. The second kappa shape index (κ2) is 8.84. The maximum absolute atomic E-state index is 12.1. The number of nitrogens with two attached hydrogens (primary N) is 1. The Labute approximate surface area is 153 Å². The Balaban J connectivity index is 2.02. The molecule has 7 nitrogen and oxygen atoms in total. The number of primary amides is 1. The van der Waals surface area contributed by atoms with Gasteiger partial charge in [0.15, 0.2) is 6.61 Å². The molecule has 2 rings (SSSR count). The number of carbonyl (C=O) groups excluding carboxylic acids is 2. The van der Waals surface area contributed by atoms with Gasteiger partial charge in [0.2, 0.25) is 0 Å². The lowest BCUT2D eigenvalue weighted by atomic mass is 10.2. The highest BCUT2D eigenvalue weighted by atomic mass is 79.9. The van der Waals surface area contributed by atoms with Crippen molar-refractivity contribution < 1.29 is 14.3 Å². The number of rotatable bonds is 6. The Bertz CT molecular complexity index is 808. The van der Waals surface area contributed by atoms with Crippen LogP contribution in [0.15, 0.2) is 52.0 Å². The van der Waals surface area contributed by atoms with Gasteiger partial charge in [-0.25, -0.2) is 10.2 Å². The second-order valence-corrected chi connectivity index (χ2v) is 5.98. The number of ether oxygens (including phenoxy) is 1. The van der Waals surface area contributed by atoms with E-state index in [-0.39, 0.29) is 12.5 Å². The summed E-state index contributed by atoms with van der Waals surface area (Å²) in [5.74, 6) is 0.161. The summed E-state index contributed by atoms with van der Waals surface area (Å²) in [6, 6.07) is 11.9. The van der Waals surface area contributed by atoms with Gasteiger partial charge in [-0.1, -0.05) is 34.1 Å². The van der Waals surface area contributed by atoms with Gasteiger partial charge in [-0.3, -0.25) is 4.79 Å². The molecule has 0 aliphatic carbocycles. The molecule has 0 saturated carbocycles. The van der Waals surface area contributed by atoms with Gasteiger partial charge < -0.3 is 15.8 Å². The molecule has 130 valence electrons. The van der Waals surface area contributed by atoms with Crippen molar-refractivity contribution in [1.82, 2.24) is 5.43 Å². The summed E-state index contributed by atoms with van der Waals surface area (Å²) in [5.41, 5.74) is 9.33. The molecule has 3 amide bonds. The van der Waals surface area contributed by atoms with Crippen molar-refractivity contribution in [3.63, 3.8) is 0 Å². The van der Waals surface area contributed by atoms with Crippen molar-refractivity contribution in [2.45, 2.75) is 6.92 Å². The van der Waals surface area contributed by atoms with Gasteiger partial charge in [-0.15, -0.1) is 0 Å². The van der Waals surface area contributed by atoms with Crippen molar-refractivity contribution in [2.75, 3.05) is 11.9 Å². The minimum atomic E-state index is -0.772. The van der Waals surface area contributed by atoms with Crippen molar-refractivity contribution in [1.29, 1.82) is 0 Å². The number of para-hydroxylation sites is 1. The molecule has 8 heteroatoms. The van der Waals surface area contributed by atoms with E-state index in [1.54, 1.807) is 18.2 Å². The molecule has 2 aromatic rings. The molecule has 0 aliphatic rings. The van der Waals surface area contributed by atoms with Crippen LogP contribution in [-0.2, 0) is 4.79 Å². The highest BCUT2D eigenvalue weighted by molar-refractivity contribution is 9.10. The molecule has 0 bridgehead atoms. The number of aryl methyl sites for hydroxylation is 1. The van der Waals surface area contributed by atoms with Crippen LogP contribution >= 0.6 is 15.9 Å². The molecule has 0 unspecified atom stereocenters. The summed E-state index contributed by atoms with van der Waals surface area (Å²) in [6.07, 6.45) is 1.38. The molecule has 4 N–H and O–H groups in total. The third-order valence-corrected chi connectivity index (χ3v) is 3.62. The summed E-state index contributed by atoms with van der Waals surface area (Å²) in [4.78, 5) is 22.7. The standard InChI is InChI=1S/C17H17BrN4O3/c1-11-4-2-3-5-14(11)21-16(23)10-25-15-7-6-13(18)8-12(15)9-20-22-17(19)24/h2-9H,10H2,1H3,(H,21,23)(H3,19,22,24). The first-order valence-electron chi connectivity index (χ1n) is 7.32. The van der Waals surface area contributed by atoms with E-state index in [9.17, 15) is 9.59 Å². The van der Waals surface area contributed by atoms with Crippen LogP contribution in [0.5, 0.6) is 5.75 Å². The van der Waals surface area contributed by atoms with Crippen molar-refractivity contribution >= 4 is 39.8 Å². The summed E-state index contributed by atoms with van der Waals surface area (Å²) < 4.78 is 6.35. The molecule has 0 atom stereocenters. The van der Waals surface area contributed by atoms with Crippen LogP contribution in [0.4, 0.5) is 10.5 Å². The fraction of sp³-hybridized carbons (Fsp3) is 0.118. The van der Waals surface area contributed by atoms with Crippen LogP contribution in [0.3, 0.4) is 0 Å². The van der Waals surface area contributed by atoms with Crippen LogP contribution in [0.25, 0.3) is 0 Å². The second-order valence-electron chi connectivity index (χ2n) is 5.07. The predicted molar refractivity (Wildman–Crippen MR) is 99.8 cm³/mol. The van der Waals surface area contributed by atoms with Crippen molar-refractivity contribution in [3.8, 4) is 5.75 Å². The number of halogens is 1. The lowest BCUT2D eigenvalue weighted by Gasteiger charge is -2.11. The molecule has 0 aliphatic heterocycles. The van der Waals surface area contributed by atoms with E-state index >= 15 is 0 Å². The molecule has 0 spiro atoms. The van der Waals surface area contributed by atoms with Gasteiger partial charge in [-0.05, 0) is 36.8 Å². The average Bonchev–Trinajstić information content (AvgIpc) is 2.56. The Morgan fingerprint density at radius 3 is 2.76 bits per heavy atom. The van der Waals surface area contributed by atoms with E-state index in [1.165, 1.54) is 6.21 Å². The average molecular weight is 405 g/mol. The van der Waals surface area contributed by atoms with Gasteiger partial charge in [0, 0.05) is 15.7 Å². The summed E-state index contributed by atoms with van der Waals surface area (Å²) >= 11 is 3.34. The van der Waals surface area contributed by atoms with Gasteiger partial charge >= 0.3 is 6.03 Å². The monoisotopic (exact) mass is 404 g/mol. The third-order valence-electron chi connectivity index (χ3n) is 3.13. The molecule has 0 saturated heterocycles. The Hall–Kier alpha value is -2.87. The lowest BCUT2D eigenvalue weighted by Crippen LogP contribution is -2.24. The molecule has 0 heterocycles. The van der Waals surface area contributed by atoms with Crippen LogP contribution in [0, 0.1) is 6.92 Å². The minimum Gasteiger partial charge on any atom is -0.483 e. The first-order valence-corrected chi connectivity index (χ1v) is 8.11. The summed E-state index contributed by atoms with van der Waals surface area (Å²) in [5, 5.41) is 6.49. The Morgan fingerprint density at radius 1 is 1.28 bits per heavy atom. The fourth-order valence-electron chi connectivity index (χ4n) is 1.96. The topological polar surface area (TPSA) is 106 Å². The number of carbonyl (C=O) groups is 2. The molecule has 0 radical (unpaired) electrons. The number of amides is 3. The van der Waals surface area contributed by atoms with E-state index in [0.29, 0.717) is 11.3 Å². The zero-order valence-corrected chi connectivity index (χ0v) is 15.0. The van der Waals surface area contributed by atoms with Crippen molar-refractivity contribution in [3.05, 3.63) is 58.1 Å². The number of anilines is 1. The Morgan fingerprint density at radius 2 is 2.04 bits per heavy atom. The first kappa shape index (κ1) is 18.5. The molecule has 0 fully saturated rings. The number of urea groups is 1. The quantitative estimate of drug-likeness (QED) is 0.508. The van der Waals surface area contributed by atoms with Crippen LogP contribution in [0.2, 0.25) is 0 Å². The number of hydrazone groups is 1. The molecule has 2 aromatic carbocycles. The molecular formula is C17H17BrN4O3. The maximum Gasteiger partial charge on any atom is 0.332 e. The largest absolute Gasteiger partial charge is 0.483 e. The van der Waals surface area contributed by atoms with E-state index in [2.05, 4.69) is 31.8 Å². The van der Waals surface area contributed by atoms with E-state index in [0.717, 1.165) is 15.7 Å². The van der Waals surface area contributed by atoms with Crippen LogP contribution in [-0.4, -0.2) is 24.8 Å². The van der Waals surface area contributed by atoms with Gasteiger partial charge in [0.05, 0.1) is 6.21 Å². The zero-order chi connectivity index (χ0) is 18.2. The fourth-order valence-corrected chi connectivity index (χ4v) is 2.34. The number of nitrogens with one attached hydrogen (secondary N) is 2. The third kappa shape index (κ3) is 5.92. The maximum atomic E-state index is 12.1. The zero-order valence-electron chi connectivity index (χ0n) is 13.5. The SMILES string of the molecule is Cc1ccccc1NC(=O)COc1ccc(Br)cc1C=NNC(N)=O. The molecule has 0 aromatic heterocycles. The lowest BCUT2D eigenvalue weighted by molar-refractivity contribution is -0.118. The number of nitrogens with zero attached hydrogens (tertiary/aromatic N) is 1. The van der Waals surface area contributed by atoms with Gasteiger partial charge in [0.1, 0.15) is 5.75 Å². The van der Waals surface area contributed by atoms with Gasteiger partial charge in [-0.2, -0.15) is 5.10 Å². The molecular weight excluding hydrogens is 388 g/mol. The highest BCUT2D eigenvalue weighted by Gasteiger charge is 2.08. The normalized spacial score (nSPS) is 10.5. The summed E-state index contributed by atoms with van der Waals surface area (Å²) in [7, 11) is 0. The number of hydrogen-bond donors (Lipinski definition) is 3. The van der Waals surface area contributed by atoms with Crippen LogP contribution < -0.4 is 21.2 Å². The Kier molecular flexibility index (Phi) is 6.53. The van der Waals surface area contributed by atoms with Gasteiger partial charge in [0.25, 0.3) is 5.91 Å². The van der Waals surface area contributed by atoms with E-state index < -0.39 is 6.03 Å². The van der Waals surface area contributed by atoms with Crippen molar-refractivity contribution in [2.24, 2.45) is 10.8 Å². The molecule has 25 heavy (non-hydrogen) atoms. The predicted octanol–water partition coefficient (Wildman–Crippen LogP) is 2.78. The summed E-state index contributed by atoms with van der Waals surface area (Å²) in [6.45, 7) is 1.74. The number of hydrogen-bond acceptors (Lipinski definition) is 4. The van der Waals surface area contributed by atoms with E-state index in [4.69, 9.17) is 10.5 Å².